The Labute approximate surface area is 124 Å². The molecule has 0 spiro atoms. The molecule has 0 aliphatic heterocycles. The Morgan fingerprint density at radius 3 is 2.71 bits per heavy atom. The predicted molar refractivity (Wildman–Crippen MR) is 80.0 cm³/mol. The zero-order chi connectivity index (χ0) is 15.8. The van der Waals surface area contributed by atoms with Crippen molar-refractivity contribution >= 4 is 11.6 Å². The molecule has 0 saturated heterocycles. The van der Waals surface area contributed by atoms with E-state index in [4.69, 9.17) is 15.2 Å². The van der Waals surface area contributed by atoms with Gasteiger partial charge in [0.05, 0.1) is 19.3 Å². The minimum absolute atomic E-state index is 0.0539. The highest BCUT2D eigenvalue weighted by Gasteiger charge is 2.20. The van der Waals surface area contributed by atoms with Crippen LogP contribution in [0.5, 0.6) is 0 Å². The zero-order valence-electron chi connectivity index (χ0n) is 12.7. The van der Waals surface area contributed by atoms with E-state index in [2.05, 4.69) is 0 Å². The summed E-state index contributed by atoms with van der Waals surface area (Å²) in [7, 11) is 3.16. The molecule has 7 heteroatoms. The molecular weight excluding hydrogens is 274 g/mol. The van der Waals surface area contributed by atoms with Gasteiger partial charge in [0.1, 0.15) is 6.54 Å². The van der Waals surface area contributed by atoms with Gasteiger partial charge in [-0.05, 0) is 13.0 Å². The number of hydrogen-bond acceptors (Lipinski definition) is 5. The van der Waals surface area contributed by atoms with Crippen LogP contribution in [0, 0.1) is 0 Å². The number of nitrogens with zero attached hydrogens (tertiary/aromatic N) is 2. The van der Waals surface area contributed by atoms with E-state index in [1.54, 1.807) is 19.1 Å². The fourth-order valence-corrected chi connectivity index (χ4v) is 2.02. The number of aromatic nitrogens is 1. The van der Waals surface area contributed by atoms with Crippen LogP contribution in [0.3, 0.4) is 0 Å². The molecule has 7 nitrogen and oxygen atoms in total. The Bertz CT molecular complexity index is 515. The summed E-state index contributed by atoms with van der Waals surface area (Å²) in [5, 5.41) is 0. The molecule has 1 unspecified atom stereocenters. The fourth-order valence-electron chi connectivity index (χ4n) is 2.02. The zero-order valence-corrected chi connectivity index (χ0v) is 12.7. The third kappa shape index (κ3) is 5.20. The first-order valence-electron chi connectivity index (χ1n) is 6.73. The number of nitrogen functional groups attached to an aromatic ring is 1. The van der Waals surface area contributed by atoms with Gasteiger partial charge in [-0.15, -0.1) is 0 Å². The maximum absolute atomic E-state index is 12.4. The lowest BCUT2D eigenvalue weighted by molar-refractivity contribution is -0.135. The van der Waals surface area contributed by atoms with Crippen molar-refractivity contribution < 1.29 is 14.3 Å². The number of pyridine rings is 1. The maximum atomic E-state index is 12.4. The van der Waals surface area contributed by atoms with Crippen molar-refractivity contribution in [3.63, 3.8) is 0 Å². The van der Waals surface area contributed by atoms with Crippen molar-refractivity contribution in [3.8, 4) is 0 Å². The predicted octanol–water partition coefficient (Wildman–Crippen LogP) is -0.0596. The first-order chi connectivity index (χ1) is 9.99. The number of carbonyl (C=O) groups is 1. The molecule has 1 rings (SSSR count). The van der Waals surface area contributed by atoms with E-state index in [0.29, 0.717) is 25.4 Å². The quantitative estimate of drug-likeness (QED) is 0.726. The summed E-state index contributed by atoms with van der Waals surface area (Å²) in [5.41, 5.74) is 5.82. The van der Waals surface area contributed by atoms with Crippen LogP contribution < -0.4 is 11.3 Å². The first kappa shape index (κ1) is 17.2. The summed E-state index contributed by atoms with van der Waals surface area (Å²) in [4.78, 5) is 25.8. The molecule has 0 aliphatic carbocycles. The summed E-state index contributed by atoms with van der Waals surface area (Å²) < 4.78 is 11.4. The SMILES string of the molecule is COCCN(C(=O)Cn1cc(N)ccc1=O)C(C)COC. The molecular formula is C14H23N3O4. The van der Waals surface area contributed by atoms with Crippen LogP contribution in [0.15, 0.2) is 23.1 Å². The van der Waals surface area contributed by atoms with Crippen molar-refractivity contribution in [3.05, 3.63) is 28.7 Å². The lowest BCUT2D eigenvalue weighted by Gasteiger charge is -2.29. The third-order valence-corrected chi connectivity index (χ3v) is 3.11. The van der Waals surface area contributed by atoms with Gasteiger partial charge in [0, 0.05) is 38.7 Å². The van der Waals surface area contributed by atoms with Gasteiger partial charge in [-0.3, -0.25) is 9.59 Å². The van der Waals surface area contributed by atoms with Gasteiger partial charge in [0.15, 0.2) is 0 Å². The van der Waals surface area contributed by atoms with E-state index in [0.717, 1.165) is 0 Å². The van der Waals surface area contributed by atoms with Crippen molar-refractivity contribution in [2.75, 3.05) is 39.7 Å². The molecule has 1 amide bonds. The van der Waals surface area contributed by atoms with Gasteiger partial charge in [0.2, 0.25) is 5.91 Å². The van der Waals surface area contributed by atoms with Crippen LogP contribution >= 0.6 is 0 Å². The largest absolute Gasteiger partial charge is 0.398 e. The van der Waals surface area contributed by atoms with Crippen molar-refractivity contribution in [1.82, 2.24) is 9.47 Å². The molecule has 0 radical (unpaired) electrons. The minimum atomic E-state index is -0.261. The molecule has 0 fully saturated rings. The smallest absolute Gasteiger partial charge is 0.251 e. The standard InChI is InChI=1S/C14H23N3O4/c1-11(10-21-3)17(6-7-20-2)14(19)9-16-8-12(15)4-5-13(16)18/h4-5,8,11H,6-7,9-10,15H2,1-3H3. The number of anilines is 1. The molecule has 1 atom stereocenters. The highest BCUT2D eigenvalue weighted by Crippen LogP contribution is 2.03. The molecule has 21 heavy (non-hydrogen) atoms. The van der Waals surface area contributed by atoms with E-state index in [9.17, 15) is 9.59 Å². The lowest BCUT2D eigenvalue weighted by Crippen LogP contribution is -2.45. The topological polar surface area (TPSA) is 86.8 Å². The molecule has 2 N–H and O–H groups in total. The lowest BCUT2D eigenvalue weighted by atomic mass is 10.2. The molecule has 0 aliphatic rings. The maximum Gasteiger partial charge on any atom is 0.251 e. The van der Waals surface area contributed by atoms with Crippen LogP contribution in [0.1, 0.15) is 6.92 Å². The number of ether oxygens (including phenoxy) is 2. The second kappa shape index (κ2) is 8.43. The number of rotatable bonds is 8. The van der Waals surface area contributed by atoms with E-state index >= 15 is 0 Å². The van der Waals surface area contributed by atoms with Crippen LogP contribution in [0.2, 0.25) is 0 Å². The van der Waals surface area contributed by atoms with Gasteiger partial charge in [-0.2, -0.15) is 0 Å². The van der Waals surface area contributed by atoms with Gasteiger partial charge >= 0.3 is 0 Å². The minimum Gasteiger partial charge on any atom is -0.398 e. The van der Waals surface area contributed by atoms with Crippen molar-refractivity contribution in [2.24, 2.45) is 0 Å². The van der Waals surface area contributed by atoms with Crippen LogP contribution in [-0.2, 0) is 20.8 Å². The number of hydrogen-bond donors (Lipinski definition) is 1. The van der Waals surface area contributed by atoms with E-state index < -0.39 is 0 Å². The van der Waals surface area contributed by atoms with E-state index in [-0.39, 0.29) is 24.1 Å². The summed E-state index contributed by atoms with van der Waals surface area (Å²) in [6.07, 6.45) is 1.47. The molecule has 0 saturated carbocycles. The Morgan fingerprint density at radius 2 is 2.10 bits per heavy atom. The number of amides is 1. The van der Waals surface area contributed by atoms with Crippen molar-refractivity contribution in [2.45, 2.75) is 19.5 Å². The monoisotopic (exact) mass is 297 g/mol. The molecule has 0 bridgehead atoms. The highest BCUT2D eigenvalue weighted by molar-refractivity contribution is 5.76. The van der Waals surface area contributed by atoms with Gasteiger partial charge < -0.3 is 24.7 Å². The third-order valence-electron chi connectivity index (χ3n) is 3.11. The molecule has 118 valence electrons. The average molecular weight is 297 g/mol. The highest BCUT2D eigenvalue weighted by atomic mass is 16.5. The number of methoxy groups -OCH3 is 2. The number of nitrogens with two attached hydrogens (primary N) is 1. The fraction of sp³-hybridized carbons (Fsp3) is 0.571. The summed E-state index contributed by atoms with van der Waals surface area (Å²) in [6.45, 7) is 3.12. The summed E-state index contributed by atoms with van der Waals surface area (Å²) in [5.74, 6) is -0.177. The molecule has 1 aromatic rings. The Kier molecular flexibility index (Phi) is 6.90. The van der Waals surface area contributed by atoms with Gasteiger partial charge in [-0.1, -0.05) is 0 Å². The Hall–Kier alpha value is -1.86. The van der Waals surface area contributed by atoms with Crippen molar-refractivity contribution in [1.29, 1.82) is 0 Å². The Balaban J connectivity index is 2.84. The van der Waals surface area contributed by atoms with Crippen LogP contribution in [0.4, 0.5) is 5.69 Å². The van der Waals surface area contributed by atoms with Gasteiger partial charge in [-0.25, -0.2) is 0 Å². The van der Waals surface area contributed by atoms with Crippen LogP contribution in [0.25, 0.3) is 0 Å². The Morgan fingerprint density at radius 1 is 1.38 bits per heavy atom. The summed E-state index contributed by atoms with van der Waals surface area (Å²) in [6, 6.07) is 2.76. The van der Waals surface area contributed by atoms with Crippen LogP contribution in [-0.4, -0.2) is 55.4 Å². The molecule has 1 aromatic heterocycles. The number of carbonyl (C=O) groups excluding carboxylic acids is 1. The average Bonchev–Trinajstić information content (AvgIpc) is 2.43. The molecule has 1 heterocycles. The second-order valence-electron chi connectivity index (χ2n) is 4.81. The van der Waals surface area contributed by atoms with E-state index in [1.807, 2.05) is 6.92 Å². The normalized spacial score (nSPS) is 12.1. The summed E-state index contributed by atoms with van der Waals surface area (Å²) >= 11 is 0. The second-order valence-corrected chi connectivity index (χ2v) is 4.81. The van der Waals surface area contributed by atoms with Gasteiger partial charge in [0.25, 0.3) is 5.56 Å². The first-order valence-corrected chi connectivity index (χ1v) is 6.73. The molecule has 0 aromatic carbocycles. The van der Waals surface area contributed by atoms with E-state index in [1.165, 1.54) is 22.9 Å².